The van der Waals surface area contributed by atoms with E-state index in [4.69, 9.17) is 23.7 Å². The average molecular weight is 525 g/mol. The minimum Gasteiger partial charge on any atom is -0.368 e. The summed E-state index contributed by atoms with van der Waals surface area (Å²) in [5.74, 6) is 0. The molecule has 0 amide bonds. The van der Waals surface area contributed by atoms with Gasteiger partial charge in [-0.2, -0.15) is 0 Å². The van der Waals surface area contributed by atoms with Crippen LogP contribution in [0.1, 0.15) is 29.2 Å². The number of ether oxygens (including phenoxy) is 5. The van der Waals surface area contributed by atoms with Crippen LogP contribution in [0, 0.1) is 0 Å². The Morgan fingerprint density at radius 3 is 1.18 bits per heavy atom. The number of benzene rings is 4. The maximum absolute atomic E-state index is 6.61. The minimum atomic E-state index is -0.624. The lowest BCUT2D eigenvalue weighted by molar-refractivity contribution is -0.322. The van der Waals surface area contributed by atoms with Crippen LogP contribution < -0.4 is 0 Å². The van der Waals surface area contributed by atoms with Crippen LogP contribution in [0.4, 0.5) is 0 Å². The van der Waals surface area contributed by atoms with Crippen LogP contribution in [-0.4, -0.2) is 30.7 Å². The fraction of sp³-hybridized carbons (Fsp3) is 0.294. The van der Waals surface area contributed by atoms with Gasteiger partial charge in [-0.25, -0.2) is 0 Å². The molecule has 5 nitrogen and oxygen atoms in total. The third-order valence-corrected chi connectivity index (χ3v) is 6.84. The first-order valence-electron chi connectivity index (χ1n) is 13.5. The lowest BCUT2D eigenvalue weighted by Gasteiger charge is -2.45. The number of hydrogen-bond donors (Lipinski definition) is 0. The summed E-state index contributed by atoms with van der Waals surface area (Å²) in [6.07, 6.45) is -2.17. The Labute approximate surface area is 231 Å². The Bertz CT molecular complexity index is 1220. The summed E-state index contributed by atoms with van der Waals surface area (Å²) in [7, 11) is 0. The zero-order valence-corrected chi connectivity index (χ0v) is 22.3. The summed E-state index contributed by atoms with van der Waals surface area (Å²) < 4.78 is 32.4. The normalized spacial score (nSPS) is 22.9. The summed E-state index contributed by atoms with van der Waals surface area (Å²) in [5.41, 5.74) is 4.32. The van der Waals surface area contributed by atoms with E-state index in [9.17, 15) is 0 Å². The first-order valence-corrected chi connectivity index (χ1v) is 13.5. The van der Waals surface area contributed by atoms with Crippen LogP contribution in [0.5, 0.6) is 0 Å². The monoisotopic (exact) mass is 524 g/mol. The molecule has 1 aliphatic rings. The Morgan fingerprint density at radius 1 is 0.436 bits per heavy atom. The smallest absolute Gasteiger partial charge is 0.187 e. The first-order chi connectivity index (χ1) is 19.3. The molecule has 0 spiro atoms. The SMILES string of the molecule is C[C@@H]1O[C@H](OCc2ccccc2)[C@@H](OCc2ccccc2)[C@H](OCc2ccccc2)[C@@H]1OCc1ccccc1. The second-order valence-corrected chi connectivity index (χ2v) is 9.79. The maximum Gasteiger partial charge on any atom is 0.187 e. The third kappa shape index (κ3) is 7.85. The molecule has 0 aromatic heterocycles. The van der Waals surface area contributed by atoms with E-state index in [1.165, 1.54) is 0 Å². The lowest BCUT2D eigenvalue weighted by atomic mass is 9.98. The van der Waals surface area contributed by atoms with E-state index in [1.807, 2.05) is 91.9 Å². The second kappa shape index (κ2) is 14.2. The quantitative estimate of drug-likeness (QED) is 0.206. The molecule has 0 aliphatic carbocycles. The van der Waals surface area contributed by atoms with Crippen LogP contribution in [0.25, 0.3) is 0 Å². The first kappa shape index (κ1) is 27.3. The molecular formula is C34H36O5. The highest BCUT2D eigenvalue weighted by Crippen LogP contribution is 2.31. The number of hydrogen-bond acceptors (Lipinski definition) is 5. The molecule has 1 heterocycles. The van der Waals surface area contributed by atoms with E-state index in [0.717, 1.165) is 22.3 Å². The predicted octanol–water partition coefficient (Wildman–Crippen LogP) is 6.70. The van der Waals surface area contributed by atoms with Crippen molar-refractivity contribution in [3.05, 3.63) is 144 Å². The van der Waals surface area contributed by atoms with Gasteiger partial charge in [-0.1, -0.05) is 121 Å². The summed E-state index contributed by atoms with van der Waals surface area (Å²) in [6.45, 7) is 3.71. The van der Waals surface area contributed by atoms with Gasteiger partial charge in [-0.15, -0.1) is 0 Å². The molecule has 0 saturated carbocycles. The van der Waals surface area contributed by atoms with Gasteiger partial charge >= 0.3 is 0 Å². The van der Waals surface area contributed by atoms with Crippen molar-refractivity contribution < 1.29 is 23.7 Å². The molecule has 5 atom stereocenters. The molecule has 0 N–H and O–H groups in total. The topological polar surface area (TPSA) is 46.2 Å². The van der Waals surface area contributed by atoms with E-state index in [1.54, 1.807) is 0 Å². The summed E-state index contributed by atoms with van der Waals surface area (Å²) >= 11 is 0. The standard InChI is InChI=1S/C34H36O5/c1-26-31(35-22-27-14-6-2-7-15-27)32(36-23-28-16-8-3-9-17-28)33(37-24-29-18-10-4-11-19-29)34(39-26)38-25-30-20-12-5-13-21-30/h2-21,26,31-34H,22-25H2,1H3/t26-,31+,32+,33-,34-/m0/s1. The Kier molecular flexibility index (Phi) is 9.91. The fourth-order valence-electron chi connectivity index (χ4n) is 4.76. The highest BCUT2D eigenvalue weighted by Gasteiger charge is 2.47. The van der Waals surface area contributed by atoms with Crippen LogP contribution >= 0.6 is 0 Å². The summed E-state index contributed by atoms with van der Waals surface area (Å²) in [5, 5.41) is 0. The predicted molar refractivity (Wildman–Crippen MR) is 151 cm³/mol. The van der Waals surface area contributed by atoms with Crippen molar-refractivity contribution in [1.82, 2.24) is 0 Å². The Balaban J connectivity index is 1.38. The molecule has 1 aliphatic heterocycles. The van der Waals surface area contributed by atoms with Crippen molar-refractivity contribution in [2.75, 3.05) is 0 Å². The maximum atomic E-state index is 6.61. The van der Waals surface area contributed by atoms with E-state index >= 15 is 0 Å². The molecule has 202 valence electrons. The van der Waals surface area contributed by atoms with Gasteiger partial charge in [0, 0.05) is 0 Å². The van der Waals surface area contributed by atoms with Gasteiger partial charge in [0.25, 0.3) is 0 Å². The van der Waals surface area contributed by atoms with E-state index < -0.39 is 18.5 Å². The molecule has 0 bridgehead atoms. The molecule has 0 unspecified atom stereocenters. The fourth-order valence-corrected chi connectivity index (χ4v) is 4.76. The van der Waals surface area contributed by atoms with Gasteiger partial charge in [0.1, 0.15) is 18.3 Å². The van der Waals surface area contributed by atoms with Crippen molar-refractivity contribution >= 4 is 0 Å². The van der Waals surface area contributed by atoms with E-state index in [0.29, 0.717) is 26.4 Å². The van der Waals surface area contributed by atoms with Crippen molar-refractivity contribution in [3.63, 3.8) is 0 Å². The molecule has 0 radical (unpaired) electrons. The van der Waals surface area contributed by atoms with Gasteiger partial charge in [0.05, 0.1) is 32.5 Å². The highest BCUT2D eigenvalue weighted by atomic mass is 16.7. The molecule has 1 fully saturated rings. The van der Waals surface area contributed by atoms with Gasteiger partial charge in [0.2, 0.25) is 0 Å². The van der Waals surface area contributed by atoms with Crippen LogP contribution in [-0.2, 0) is 50.1 Å². The largest absolute Gasteiger partial charge is 0.368 e. The van der Waals surface area contributed by atoms with E-state index in [2.05, 4.69) is 36.4 Å². The zero-order chi connectivity index (χ0) is 26.7. The van der Waals surface area contributed by atoms with Crippen molar-refractivity contribution in [1.29, 1.82) is 0 Å². The van der Waals surface area contributed by atoms with Crippen molar-refractivity contribution in [2.45, 2.75) is 64.1 Å². The highest BCUT2D eigenvalue weighted by molar-refractivity contribution is 5.16. The second-order valence-electron chi connectivity index (χ2n) is 9.79. The molecule has 4 aromatic rings. The van der Waals surface area contributed by atoms with Crippen molar-refractivity contribution in [3.8, 4) is 0 Å². The number of rotatable bonds is 12. The van der Waals surface area contributed by atoms with Crippen LogP contribution in [0.15, 0.2) is 121 Å². The zero-order valence-electron chi connectivity index (χ0n) is 22.3. The van der Waals surface area contributed by atoms with Crippen LogP contribution in [0.2, 0.25) is 0 Å². The molecule has 5 heteroatoms. The van der Waals surface area contributed by atoms with Gasteiger partial charge in [-0.3, -0.25) is 0 Å². The third-order valence-electron chi connectivity index (χ3n) is 6.84. The van der Waals surface area contributed by atoms with Gasteiger partial charge < -0.3 is 23.7 Å². The molecule has 5 rings (SSSR count). The summed E-state index contributed by atoms with van der Waals surface area (Å²) in [6, 6.07) is 40.5. The van der Waals surface area contributed by atoms with Gasteiger partial charge in [0.15, 0.2) is 6.29 Å². The van der Waals surface area contributed by atoms with Crippen molar-refractivity contribution in [2.24, 2.45) is 0 Å². The Hall–Kier alpha value is -3.32. The molecular weight excluding hydrogens is 488 g/mol. The minimum absolute atomic E-state index is 0.271. The Morgan fingerprint density at radius 2 is 0.769 bits per heavy atom. The molecule has 1 saturated heterocycles. The molecule has 39 heavy (non-hydrogen) atoms. The lowest BCUT2D eigenvalue weighted by Crippen LogP contribution is -2.60. The summed E-state index contributed by atoms with van der Waals surface area (Å²) in [4.78, 5) is 0. The molecule has 4 aromatic carbocycles. The average Bonchev–Trinajstić information content (AvgIpc) is 3.00. The van der Waals surface area contributed by atoms with Gasteiger partial charge in [-0.05, 0) is 29.2 Å². The van der Waals surface area contributed by atoms with E-state index in [-0.39, 0.29) is 12.2 Å². The van der Waals surface area contributed by atoms with Crippen LogP contribution in [0.3, 0.4) is 0 Å².